The van der Waals surface area contributed by atoms with Gasteiger partial charge >= 0.3 is 0 Å². The van der Waals surface area contributed by atoms with Crippen molar-refractivity contribution in [3.8, 4) is 0 Å². The fourth-order valence-electron chi connectivity index (χ4n) is 4.00. The number of rotatable bonds is 6. The Hall–Kier alpha value is -3.03. The average Bonchev–Trinajstić information content (AvgIpc) is 3.07. The van der Waals surface area contributed by atoms with Crippen LogP contribution in [0.15, 0.2) is 60.7 Å². The predicted octanol–water partition coefficient (Wildman–Crippen LogP) is 3.22. The molecule has 4 rings (SSSR count). The fraction of sp³-hybridized carbons (Fsp3) is 0.318. The maximum absolute atomic E-state index is 11.1. The maximum Gasteiger partial charge on any atom is 0.270 e. The van der Waals surface area contributed by atoms with Gasteiger partial charge < -0.3 is 10.0 Å². The van der Waals surface area contributed by atoms with Gasteiger partial charge in [0, 0.05) is 50.7 Å². The van der Waals surface area contributed by atoms with Crippen molar-refractivity contribution in [3.63, 3.8) is 0 Å². The lowest BCUT2D eigenvalue weighted by atomic mass is 10.0. The number of likely N-dealkylation sites (tertiary alicyclic amines) is 1. The van der Waals surface area contributed by atoms with Crippen LogP contribution in [0.4, 0.5) is 11.5 Å². The first-order chi connectivity index (χ1) is 13.9. The summed E-state index contributed by atoms with van der Waals surface area (Å²) in [6, 6.07) is 18.6. The molecule has 29 heavy (non-hydrogen) atoms. The zero-order chi connectivity index (χ0) is 20.4. The van der Waals surface area contributed by atoms with E-state index in [4.69, 9.17) is 0 Å². The van der Waals surface area contributed by atoms with Gasteiger partial charge in [-0.05, 0) is 30.2 Å². The van der Waals surface area contributed by atoms with Crippen molar-refractivity contribution in [1.82, 2.24) is 9.88 Å². The first-order valence-electron chi connectivity index (χ1n) is 9.67. The number of pyridine rings is 1. The summed E-state index contributed by atoms with van der Waals surface area (Å²) in [6.07, 6.45) is 0.712. The van der Waals surface area contributed by atoms with Crippen LogP contribution in [0.5, 0.6) is 0 Å². The lowest BCUT2D eigenvalue weighted by molar-refractivity contribution is -0.384. The molecule has 1 unspecified atom stereocenters. The van der Waals surface area contributed by atoms with Gasteiger partial charge in [0.15, 0.2) is 0 Å². The zero-order valence-corrected chi connectivity index (χ0v) is 16.4. The minimum absolute atomic E-state index is 0.0548. The third-order valence-electron chi connectivity index (χ3n) is 5.45. The molecule has 7 nitrogen and oxygen atoms in total. The second kappa shape index (κ2) is 7.77. The van der Waals surface area contributed by atoms with Crippen molar-refractivity contribution >= 4 is 22.4 Å². The van der Waals surface area contributed by atoms with Crippen LogP contribution < -0.4 is 4.90 Å². The van der Waals surface area contributed by atoms with Gasteiger partial charge in [-0.3, -0.25) is 15.0 Å². The summed E-state index contributed by atoms with van der Waals surface area (Å²) < 4.78 is 0. The summed E-state index contributed by atoms with van der Waals surface area (Å²) >= 11 is 0. The molecule has 1 aliphatic heterocycles. The van der Waals surface area contributed by atoms with Crippen LogP contribution in [0.2, 0.25) is 0 Å². The highest BCUT2D eigenvalue weighted by atomic mass is 16.6. The third-order valence-corrected chi connectivity index (χ3v) is 5.45. The third kappa shape index (κ3) is 4.36. The standard InChI is InChI=1S/C22H24N4O3/c1-24(21-10-7-18-13-19(26(28)29)8-9-20(18)23-21)15-22(27)11-12-25(16-22)14-17-5-3-2-4-6-17/h2-10,13,27H,11-12,14-16H2,1H3. The molecule has 1 N–H and O–H groups in total. The number of non-ortho nitro benzene ring substituents is 1. The SMILES string of the molecule is CN(CC1(O)CCN(Cc2ccccc2)C1)c1ccc2cc([N+](=O)[O-])ccc2n1. The molecule has 0 bridgehead atoms. The van der Waals surface area contributed by atoms with Crippen molar-refractivity contribution in [2.24, 2.45) is 0 Å². The monoisotopic (exact) mass is 392 g/mol. The van der Waals surface area contributed by atoms with Crippen LogP contribution in [0, 0.1) is 10.1 Å². The Morgan fingerprint density at radius 2 is 2.00 bits per heavy atom. The second-order valence-electron chi connectivity index (χ2n) is 7.83. The van der Waals surface area contributed by atoms with Gasteiger partial charge in [-0.25, -0.2) is 4.98 Å². The Kier molecular flexibility index (Phi) is 5.17. The summed E-state index contributed by atoms with van der Waals surface area (Å²) in [5.74, 6) is 0.737. The number of fused-ring (bicyclic) bond motifs is 1. The van der Waals surface area contributed by atoms with Gasteiger partial charge in [0.25, 0.3) is 5.69 Å². The number of aromatic nitrogens is 1. The number of nitrogens with zero attached hydrogens (tertiary/aromatic N) is 4. The number of β-amino-alcohol motifs (C(OH)–C–C–N with tert-alkyl or cyclic N) is 1. The lowest BCUT2D eigenvalue weighted by Gasteiger charge is -2.30. The van der Waals surface area contributed by atoms with Crippen molar-refractivity contribution in [2.45, 2.75) is 18.6 Å². The molecule has 1 aliphatic rings. The number of nitro groups is 1. The molecule has 150 valence electrons. The molecule has 1 aromatic heterocycles. The quantitative estimate of drug-likeness (QED) is 0.512. The number of hydrogen-bond acceptors (Lipinski definition) is 6. The van der Waals surface area contributed by atoms with Gasteiger partial charge in [0.1, 0.15) is 5.82 Å². The van der Waals surface area contributed by atoms with Crippen LogP contribution in [-0.2, 0) is 6.54 Å². The van der Waals surface area contributed by atoms with E-state index in [2.05, 4.69) is 22.0 Å². The lowest BCUT2D eigenvalue weighted by Crippen LogP contribution is -2.44. The molecule has 0 amide bonds. The molecule has 0 spiro atoms. The number of likely N-dealkylation sites (N-methyl/N-ethyl adjacent to an activating group) is 1. The molecule has 7 heteroatoms. The highest BCUT2D eigenvalue weighted by molar-refractivity contribution is 5.82. The summed E-state index contributed by atoms with van der Waals surface area (Å²) in [5.41, 5.74) is 1.20. The maximum atomic E-state index is 11.1. The second-order valence-corrected chi connectivity index (χ2v) is 7.83. The van der Waals surface area contributed by atoms with Crippen LogP contribution in [0.1, 0.15) is 12.0 Å². The highest BCUT2D eigenvalue weighted by Gasteiger charge is 2.37. The van der Waals surface area contributed by atoms with Crippen molar-refractivity contribution < 1.29 is 10.0 Å². The Labute approximate surface area is 169 Å². The fourth-order valence-corrected chi connectivity index (χ4v) is 4.00. The minimum Gasteiger partial charge on any atom is -0.387 e. The molecular formula is C22H24N4O3. The summed E-state index contributed by atoms with van der Waals surface area (Å²) in [7, 11) is 1.91. The molecule has 1 fully saturated rings. The van der Waals surface area contributed by atoms with Gasteiger partial charge in [-0.2, -0.15) is 0 Å². The normalized spacial score (nSPS) is 19.5. The van der Waals surface area contributed by atoms with E-state index < -0.39 is 10.5 Å². The van der Waals surface area contributed by atoms with E-state index in [-0.39, 0.29) is 5.69 Å². The van der Waals surface area contributed by atoms with E-state index in [1.807, 2.05) is 42.3 Å². The van der Waals surface area contributed by atoms with E-state index >= 15 is 0 Å². The van der Waals surface area contributed by atoms with E-state index in [0.29, 0.717) is 25.0 Å². The summed E-state index contributed by atoms with van der Waals surface area (Å²) in [5, 5.41) is 22.8. The molecule has 2 heterocycles. The molecule has 2 aromatic carbocycles. The molecule has 0 aliphatic carbocycles. The Morgan fingerprint density at radius 3 is 2.76 bits per heavy atom. The molecule has 0 radical (unpaired) electrons. The van der Waals surface area contributed by atoms with E-state index in [9.17, 15) is 15.2 Å². The van der Waals surface area contributed by atoms with Gasteiger partial charge in [-0.15, -0.1) is 0 Å². The molecule has 0 saturated carbocycles. The molecule has 3 aromatic rings. The van der Waals surface area contributed by atoms with Crippen LogP contribution in [0.3, 0.4) is 0 Å². The average molecular weight is 392 g/mol. The Balaban J connectivity index is 1.43. The first-order valence-corrected chi connectivity index (χ1v) is 9.67. The number of nitro benzene ring substituents is 1. The summed E-state index contributed by atoms with van der Waals surface area (Å²) in [6.45, 7) is 2.78. The van der Waals surface area contributed by atoms with Crippen molar-refractivity contribution in [3.05, 3.63) is 76.3 Å². The van der Waals surface area contributed by atoms with E-state index in [1.165, 1.54) is 17.7 Å². The Bertz CT molecular complexity index is 1030. The molecular weight excluding hydrogens is 368 g/mol. The van der Waals surface area contributed by atoms with Gasteiger partial charge in [0.2, 0.25) is 0 Å². The van der Waals surface area contributed by atoms with E-state index in [1.54, 1.807) is 6.07 Å². The number of benzene rings is 2. The van der Waals surface area contributed by atoms with Gasteiger partial charge in [-0.1, -0.05) is 30.3 Å². The van der Waals surface area contributed by atoms with E-state index in [0.717, 1.165) is 24.3 Å². The van der Waals surface area contributed by atoms with Crippen molar-refractivity contribution in [1.29, 1.82) is 0 Å². The predicted molar refractivity (Wildman–Crippen MR) is 113 cm³/mol. The van der Waals surface area contributed by atoms with Crippen LogP contribution >= 0.6 is 0 Å². The Morgan fingerprint density at radius 1 is 1.21 bits per heavy atom. The number of aliphatic hydroxyl groups is 1. The number of hydrogen-bond donors (Lipinski definition) is 1. The minimum atomic E-state index is -0.796. The van der Waals surface area contributed by atoms with Crippen molar-refractivity contribution in [2.75, 3.05) is 31.6 Å². The first kappa shape index (κ1) is 19.3. The smallest absolute Gasteiger partial charge is 0.270 e. The topological polar surface area (TPSA) is 82.7 Å². The summed E-state index contributed by atoms with van der Waals surface area (Å²) in [4.78, 5) is 19.4. The molecule has 1 saturated heterocycles. The largest absolute Gasteiger partial charge is 0.387 e. The molecule has 1 atom stereocenters. The zero-order valence-electron chi connectivity index (χ0n) is 16.4. The van der Waals surface area contributed by atoms with Crippen LogP contribution in [-0.4, -0.2) is 52.2 Å². The van der Waals surface area contributed by atoms with Crippen LogP contribution in [0.25, 0.3) is 10.9 Å². The highest BCUT2D eigenvalue weighted by Crippen LogP contribution is 2.27. The van der Waals surface area contributed by atoms with Gasteiger partial charge in [0.05, 0.1) is 16.0 Å². The number of anilines is 1.